The molecule has 0 radical (unpaired) electrons. The quantitative estimate of drug-likeness (QED) is 0.417. The van der Waals surface area contributed by atoms with Gasteiger partial charge in [0.2, 0.25) is 17.7 Å². The van der Waals surface area contributed by atoms with Crippen molar-refractivity contribution in [3.63, 3.8) is 0 Å². The van der Waals surface area contributed by atoms with E-state index in [1.807, 2.05) is 48.5 Å². The van der Waals surface area contributed by atoms with E-state index in [0.29, 0.717) is 28.9 Å². The van der Waals surface area contributed by atoms with Crippen molar-refractivity contribution >= 4 is 35.1 Å². The predicted octanol–water partition coefficient (Wildman–Crippen LogP) is 3.03. The van der Waals surface area contributed by atoms with Crippen LogP contribution in [0.1, 0.15) is 28.4 Å². The van der Waals surface area contributed by atoms with Gasteiger partial charge in [0.1, 0.15) is 5.54 Å². The average Bonchev–Trinajstić information content (AvgIpc) is 3.49. The zero-order valence-corrected chi connectivity index (χ0v) is 20.1. The highest BCUT2D eigenvalue weighted by molar-refractivity contribution is 6.25. The van der Waals surface area contributed by atoms with Crippen molar-refractivity contribution in [2.24, 2.45) is 11.8 Å². The average molecular weight is 496 g/mol. The molecule has 0 aromatic heterocycles. The molecule has 186 valence electrons. The van der Waals surface area contributed by atoms with Crippen molar-refractivity contribution in [2.75, 3.05) is 16.8 Å². The van der Waals surface area contributed by atoms with Crippen LogP contribution in [0.4, 0.5) is 11.4 Å². The molecule has 2 N–H and O–H groups in total. The normalized spacial score (nSPS) is 25.8. The second-order valence-corrected chi connectivity index (χ2v) is 9.53. The monoisotopic (exact) mass is 495 g/mol. The first-order valence-corrected chi connectivity index (χ1v) is 12.3. The van der Waals surface area contributed by atoms with Gasteiger partial charge in [0.15, 0.2) is 0 Å². The maximum Gasteiger partial charge on any atom is 0.338 e. The lowest BCUT2D eigenvalue weighted by molar-refractivity contribution is -0.130. The lowest BCUT2D eigenvalue weighted by Crippen LogP contribution is -2.53. The minimum atomic E-state index is -1.35. The van der Waals surface area contributed by atoms with Crippen LogP contribution in [0.15, 0.2) is 78.9 Å². The van der Waals surface area contributed by atoms with Gasteiger partial charge in [0.05, 0.1) is 29.7 Å². The smallest absolute Gasteiger partial charge is 0.338 e. The number of amides is 3. The zero-order valence-electron chi connectivity index (χ0n) is 20.1. The summed E-state index contributed by atoms with van der Waals surface area (Å²) in [4.78, 5) is 54.8. The Morgan fingerprint density at radius 2 is 1.62 bits per heavy atom. The number of anilines is 2. The van der Waals surface area contributed by atoms with Gasteiger partial charge >= 0.3 is 5.97 Å². The third-order valence-corrected chi connectivity index (χ3v) is 7.56. The lowest BCUT2D eigenvalue weighted by Gasteiger charge is -2.29. The molecule has 1 spiro atoms. The van der Waals surface area contributed by atoms with Gasteiger partial charge in [-0.1, -0.05) is 48.5 Å². The van der Waals surface area contributed by atoms with E-state index in [2.05, 4.69) is 10.6 Å². The van der Waals surface area contributed by atoms with Crippen molar-refractivity contribution in [3.8, 4) is 0 Å². The van der Waals surface area contributed by atoms with Crippen LogP contribution in [-0.4, -0.2) is 36.3 Å². The highest BCUT2D eigenvalue weighted by Crippen LogP contribution is 2.53. The number of carbonyl (C=O) groups excluding carboxylic acids is 4. The molecule has 4 atom stereocenters. The van der Waals surface area contributed by atoms with E-state index < -0.39 is 35.3 Å². The van der Waals surface area contributed by atoms with Crippen LogP contribution in [0.25, 0.3) is 0 Å². The maximum absolute atomic E-state index is 14.0. The summed E-state index contributed by atoms with van der Waals surface area (Å²) in [6, 6.07) is 22.8. The zero-order chi connectivity index (χ0) is 25.7. The Bertz CT molecular complexity index is 1420. The number of carbonyl (C=O) groups is 4. The molecule has 0 unspecified atom stereocenters. The van der Waals surface area contributed by atoms with Crippen LogP contribution >= 0.6 is 0 Å². The molecule has 0 bridgehead atoms. The summed E-state index contributed by atoms with van der Waals surface area (Å²) < 4.78 is 5.04. The van der Waals surface area contributed by atoms with Gasteiger partial charge in [-0.2, -0.15) is 0 Å². The fourth-order valence-electron chi connectivity index (χ4n) is 6.02. The van der Waals surface area contributed by atoms with Gasteiger partial charge < -0.3 is 10.1 Å². The fraction of sp³-hybridized carbons (Fsp3) is 0.241. The van der Waals surface area contributed by atoms with Crippen LogP contribution in [0.2, 0.25) is 0 Å². The molecule has 2 saturated heterocycles. The van der Waals surface area contributed by atoms with Gasteiger partial charge in [-0.15, -0.1) is 0 Å². The SMILES string of the molecule is CCOC(=O)c1ccc(N2C(=O)[C@H]3[C@H](Cc4ccccc4)N[C@]4(C(=O)Nc5ccccc54)[C@@H]3C2=O)cc1. The Morgan fingerprint density at radius 3 is 2.35 bits per heavy atom. The van der Waals surface area contributed by atoms with Gasteiger partial charge in [-0.3, -0.25) is 19.7 Å². The second kappa shape index (κ2) is 8.67. The van der Waals surface area contributed by atoms with Crippen molar-refractivity contribution in [1.29, 1.82) is 0 Å². The maximum atomic E-state index is 14.0. The number of hydrogen-bond acceptors (Lipinski definition) is 6. The fourth-order valence-corrected chi connectivity index (χ4v) is 6.02. The molecule has 0 saturated carbocycles. The molecular weight excluding hydrogens is 470 g/mol. The van der Waals surface area contributed by atoms with E-state index in [0.717, 1.165) is 5.56 Å². The number of ether oxygens (including phenoxy) is 1. The van der Waals surface area contributed by atoms with Crippen LogP contribution in [0.3, 0.4) is 0 Å². The molecule has 3 aliphatic heterocycles. The molecule has 8 heteroatoms. The number of esters is 1. The number of fused-ring (bicyclic) bond motifs is 4. The van der Waals surface area contributed by atoms with E-state index in [1.54, 1.807) is 25.1 Å². The highest BCUT2D eigenvalue weighted by atomic mass is 16.5. The Hall–Kier alpha value is -4.30. The molecule has 3 heterocycles. The van der Waals surface area contributed by atoms with E-state index in [9.17, 15) is 19.2 Å². The number of nitrogens with zero attached hydrogens (tertiary/aromatic N) is 1. The number of para-hydroxylation sites is 1. The molecular formula is C29H25N3O5. The number of rotatable bonds is 5. The van der Waals surface area contributed by atoms with Crippen LogP contribution in [-0.2, 0) is 31.1 Å². The molecule has 3 aliphatic rings. The first-order chi connectivity index (χ1) is 18.0. The van der Waals surface area contributed by atoms with Gasteiger partial charge in [-0.05, 0) is 49.2 Å². The Morgan fingerprint density at radius 1 is 0.919 bits per heavy atom. The first kappa shape index (κ1) is 23.1. The summed E-state index contributed by atoms with van der Waals surface area (Å²) in [5.41, 5.74) is 1.64. The highest BCUT2D eigenvalue weighted by Gasteiger charge is 2.70. The first-order valence-electron chi connectivity index (χ1n) is 12.3. The van der Waals surface area contributed by atoms with Crippen LogP contribution in [0.5, 0.6) is 0 Å². The van der Waals surface area contributed by atoms with E-state index in [1.165, 1.54) is 17.0 Å². The minimum Gasteiger partial charge on any atom is -0.462 e. The number of nitrogens with one attached hydrogen (secondary N) is 2. The van der Waals surface area contributed by atoms with Crippen molar-refractivity contribution < 1.29 is 23.9 Å². The number of benzene rings is 3. The number of hydrogen-bond donors (Lipinski definition) is 2. The summed E-state index contributed by atoms with van der Waals surface area (Å²) in [7, 11) is 0. The van der Waals surface area contributed by atoms with E-state index in [4.69, 9.17) is 4.74 Å². The van der Waals surface area contributed by atoms with Crippen LogP contribution < -0.4 is 15.5 Å². The molecule has 3 aromatic carbocycles. The largest absolute Gasteiger partial charge is 0.462 e. The van der Waals surface area contributed by atoms with Gasteiger partial charge in [-0.25, -0.2) is 9.69 Å². The Kier molecular flexibility index (Phi) is 5.42. The van der Waals surface area contributed by atoms with E-state index in [-0.39, 0.29) is 18.4 Å². The topological polar surface area (TPSA) is 105 Å². The lowest BCUT2D eigenvalue weighted by atomic mass is 9.76. The molecule has 8 nitrogen and oxygen atoms in total. The predicted molar refractivity (Wildman–Crippen MR) is 136 cm³/mol. The summed E-state index contributed by atoms with van der Waals surface area (Å²) in [5, 5.41) is 6.37. The summed E-state index contributed by atoms with van der Waals surface area (Å²) in [5.74, 6) is -3.26. The molecule has 6 rings (SSSR count). The third-order valence-electron chi connectivity index (χ3n) is 7.56. The summed E-state index contributed by atoms with van der Waals surface area (Å²) in [6.07, 6.45) is 0.480. The van der Waals surface area contributed by atoms with Crippen molar-refractivity contribution in [1.82, 2.24) is 5.32 Å². The van der Waals surface area contributed by atoms with Crippen molar-refractivity contribution in [2.45, 2.75) is 24.9 Å². The Labute approximate surface area is 213 Å². The third kappa shape index (κ3) is 3.40. The Balaban J connectivity index is 1.42. The van der Waals surface area contributed by atoms with Gasteiger partial charge in [0.25, 0.3) is 0 Å². The van der Waals surface area contributed by atoms with E-state index >= 15 is 0 Å². The molecule has 37 heavy (non-hydrogen) atoms. The summed E-state index contributed by atoms with van der Waals surface area (Å²) in [6.45, 7) is 1.97. The minimum absolute atomic E-state index is 0.245. The van der Waals surface area contributed by atoms with Gasteiger partial charge in [0, 0.05) is 17.3 Å². The van der Waals surface area contributed by atoms with Crippen molar-refractivity contribution in [3.05, 3.63) is 95.6 Å². The molecule has 2 fully saturated rings. The standard InChI is InChI=1S/C29H25N3O5/c1-2-37-27(35)18-12-14-19(15-13-18)32-25(33)23-22(16-17-8-4-3-5-9-17)31-29(24(23)26(32)34)20-10-6-7-11-21(20)30-28(29)36/h3-15,22-24,31H,2,16H2,1H3,(H,30,36)/t22-,23-,24-,29-/m0/s1. The number of imide groups is 1. The molecule has 3 aromatic rings. The summed E-state index contributed by atoms with van der Waals surface area (Å²) >= 11 is 0. The second-order valence-electron chi connectivity index (χ2n) is 9.53. The van der Waals surface area contributed by atoms with Crippen LogP contribution in [0, 0.1) is 11.8 Å². The molecule has 0 aliphatic carbocycles. The molecule has 3 amide bonds.